The third kappa shape index (κ3) is 3.86. The van der Waals surface area contributed by atoms with Crippen molar-refractivity contribution in [3.63, 3.8) is 0 Å². The van der Waals surface area contributed by atoms with Gasteiger partial charge in [-0.1, -0.05) is 37.2 Å². The van der Waals surface area contributed by atoms with Gasteiger partial charge in [-0.2, -0.15) is 10.1 Å². The minimum atomic E-state index is 0.306. The van der Waals surface area contributed by atoms with Crippen LogP contribution in [0.5, 0.6) is 0 Å². The first-order valence-corrected chi connectivity index (χ1v) is 10.6. The summed E-state index contributed by atoms with van der Waals surface area (Å²) in [6, 6.07) is 6.40. The molecule has 154 valence electrons. The quantitative estimate of drug-likeness (QED) is 0.674. The molecule has 0 spiro atoms. The molecular formula is C23H31N5O. The number of rotatable bonds is 6. The van der Waals surface area contributed by atoms with Crippen LogP contribution in [-0.4, -0.2) is 26.5 Å². The molecule has 1 aliphatic carbocycles. The van der Waals surface area contributed by atoms with Crippen molar-refractivity contribution in [1.29, 1.82) is 0 Å². The Labute approximate surface area is 172 Å². The molecule has 3 aromatic rings. The molecule has 0 saturated heterocycles. The summed E-state index contributed by atoms with van der Waals surface area (Å²) >= 11 is 0. The highest BCUT2D eigenvalue weighted by atomic mass is 16.5. The van der Waals surface area contributed by atoms with Crippen LogP contribution in [0.2, 0.25) is 0 Å². The molecule has 4 rings (SSSR count). The predicted octanol–water partition coefficient (Wildman–Crippen LogP) is 4.33. The molecule has 0 saturated carbocycles. The smallest absolute Gasteiger partial charge is 0.279 e. The first-order valence-electron chi connectivity index (χ1n) is 10.6. The summed E-state index contributed by atoms with van der Waals surface area (Å²) in [5, 5.41) is 9.10. The van der Waals surface area contributed by atoms with Crippen LogP contribution in [-0.2, 0) is 25.8 Å². The maximum absolute atomic E-state index is 5.68. The first-order chi connectivity index (χ1) is 13.9. The van der Waals surface area contributed by atoms with E-state index in [1.165, 1.54) is 16.8 Å². The van der Waals surface area contributed by atoms with Crippen molar-refractivity contribution in [2.45, 2.75) is 66.3 Å². The highest BCUT2D eigenvalue weighted by molar-refractivity contribution is 5.64. The number of nitrogens with two attached hydrogens (primary N) is 1. The molecule has 1 aliphatic rings. The topological polar surface area (TPSA) is 82.8 Å². The second kappa shape index (κ2) is 7.75. The molecule has 2 N–H and O–H groups in total. The lowest BCUT2D eigenvalue weighted by Crippen LogP contribution is -2.24. The van der Waals surface area contributed by atoms with E-state index >= 15 is 0 Å². The minimum Gasteiger partial charge on any atom is -0.332 e. The van der Waals surface area contributed by atoms with Crippen molar-refractivity contribution in [3.05, 3.63) is 40.6 Å². The Morgan fingerprint density at radius 2 is 2.10 bits per heavy atom. The Bertz CT molecular complexity index is 1010. The number of hydrogen-bond donors (Lipinski definition) is 1. The van der Waals surface area contributed by atoms with E-state index in [0.717, 1.165) is 55.5 Å². The molecular weight excluding hydrogens is 362 g/mol. The maximum atomic E-state index is 5.68. The van der Waals surface area contributed by atoms with Crippen molar-refractivity contribution in [3.8, 4) is 23.0 Å². The van der Waals surface area contributed by atoms with Crippen LogP contribution in [0.4, 0.5) is 0 Å². The zero-order valence-electron chi connectivity index (χ0n) is 18.0. The van der Waals surface area contributed by atoms with E-state index in [4.69, 9.17) is 20.3 Å². The molecule has 6 nitrogen and oxygen atoms in total. The zero-order valence-corrected chi connectivity index (χ0v) is 18.0. The summed E-state index contributed by atoms with van der Waals surface area (Å²) in [5.41, 5.74) is 12.8. The third-order valence-electron chi connectivity index (χ3n) is 5.99. The second-order valence-corrected chi connectivity index (χ2v) is 8.90. The number of benzene rings is 1. The Morgan fingerprint density at radius 1 is 1.28 bits per heavy atom. The van der Waals surface area contributed by atoms with Crippen LogP contribution in [0.15, 0.2) is 22.7 Å². The molecule has 1 aromatic carbocycles. The summed E-state index contributed by atoms with van der Waals surface area (Å²) in [5.74, 6) is 1.15. The monoisotopic (exact) mass is 393 g/mol. The highest BCUT2D eigenvalue weighted by Crippen LogP contribution is 2.39. The van der Waals surface area contributed by atoms with Crippen molar-refractivity contribution in [1.82, 2.24) is 19.9 Å². The molecule has 2 heterocycles. The normalized spacial score (nSPS) is 15.5. The number of hydrogen-bond acceptors (Lipinski definition) is 5. The SMILES string of the molecule is CCn1nc(-c2nc(-c3ccc(CCCN)cc3C)no2)c2c1CC(C)(C)CC2. The maximum Gasteiger partial charge on any atom is 0.279 e. The molecule has 29 heavy (non-hydrogen) atoms. The van der Waals surface area contributed by atoms with Gasteiger partial charge in [-0.15, -0.1) is 0 Å². The third-order valence-corrected chi connectivity index (χ3v) is 5.99. The molecule has 0 amide bonds. The molecule has 0 bridgehead atoms. The molecule has 6 heteroatoms. The van der Waals surface area contributed by atoms with Gasteiger partial charge in [0.2, 0.25) is 5.82 Å². The van der Waals surface area contributed by atoms with Crippen LogP contribution in [0, 0.1) is 12.3 Å². The summed E-state index contributed by atoms with van der Waals surface area (Å²) in [6.07, 6.45) is 5.17. The van der Waals surface area contributed by atoms with Crippen molar-refractivity contribution >= 4 is 0 Å². The highest BCUT2D eigenvalue weighted by Gasteiger charge is 2.32. The fourth-order valence-corrected chi connectivity index (χ4v) is 4.30. The van der Waals surface area contributed by atoms with E-state index in [2.05, 4.69) is 55.7 Å². The van der Waals surface area contributed by atoms with E-state index in [0.29, 0.717) is 23.7 Å². The van der Waals surface area contributed by atoms with Gasteiger partial charge in [0.1, 0.15) is 0 Å². The fraction of sp³-hybridized carbons (Fsp3) is 0.522. The van der Waals surface area contributed by atoms with Crippen molar-refractivity contribution < 1.29 is 4.52 Å². The molecule has 0 aliphatic heterocycles. The van der Waals surface area contributed by atoms with Gasteiger partial charge in [0.15, 0.2) is 5.69 Å². The van der Waals surface area contributed by atoms with E-state index in [1.807, 2.05) is 0 Å². The average molecular weight is 394 g/mol. The van der Waals surface area contributed by atoms with Gasteiger partial charge in [0, 0.05) is 23.4 Å². The number of fused-ring (bicyclic) bond motifs is 1. The van der Waals surface area contributed by atoms with Crippen molar-refractivity contribution in [2.24, 2.45) is 11.1 Å². The van der Waals surface area contributed by atoms with Crippen LogP contribution in [0.25, 0.3) is 23.0 Å². The lowest BCUT2D eigenvalue weighted by atomic mass is 9.76. The summed E-state index contributed by atoms with van der Waals surface area (Å²) in [6.45, 7) is 10.4. The molecule has 0 unspecified atom stereocenters. The number of aromatic nitrogens is 4. The van der Waals surface area contributed by atoms with Gasteiger partial charge in [-0.05, 0) is 69.0 Å². The number of nitrogens with zero attached hydrogens (tertiary/aromatic N) is 4. The van der Waals surface area contributed by atoms with Crippen LogP contribution >= 0.6 is 0 Å². The van der Waals surface area contributed by atoms with Crippen LogP contribution in [0.1, 0.15) is 56.0 Å². The van der Waals surface area contributed by atoms with E-state index in [1.54, 1.807) is 0 Å². The second-order valence-electron chi connectivity index (χ2n) is 8.90. The molecule has 0 radical (unpaired) electrons. The van der Waals surface area contributed by atoms with E-state index in [9.17, 15) is 0 Å². The van der Waals surface area contributed by atoms with Gasteiger partial charge >= 0.3 is 0 Å². The molecule has 0 fully saturated rings. The van der Waals surface area contributed by atoms with Gasteiger partial charge in [-0.3, -0.25) is 4.68 Å². The number of aryl methyl sites for hydroxylation is 3. The predicted molar refractivity (Wildman–Crippen MR) is 115 cm³/mol. The average Bonchev–Trinajstić information content (AvgIpc) is 3.30. The van der Waals surface area contributed by atoms with Crippen molar-refractivity contribution in [2.75, 3.05) is 6.54 Å². The Morgan fingerprint density at radius 3 is 2.83 bits per heavy atom. The van der Waals surface area contributed by atoms with Crippen LogP contribution in [0.3, 0.4) is 0 Å². The lowest BCUT2D eigenvalue weighted by molar-refractivity contribution is 0.304. The minimum absolute atomic E-state index is 0.306. The zero-order chi connectivity index (χ0) is 20.6. The van der Waals surface area contributed by atoms with Gasteiger partial charge < -0.3 is 10.3 Å². The van der Waals surface area contributed by atoms with Gasteiger partial charge in [-0.25, -0.2) is 0 Å². The largest absolute Gasteiger partial charge is 0.332 e. The standard InChI is InChI=1S/C23H31N5O/c1-5-28-19-14-23(3,4)11-10-18(19)20(26-28)22-25-21(27-29-22)17-9-8-16(7-6-12-24)13-15(17)2/h8-9,13H,5-7,10-12,14,24H2,1-4H3. The Hall–Kier alpha value is -2.47. The van der Waals surface area contributed by atoms with Gasteiger partial charge in [0.25, 0.3) is 5.89 Å². The van der Waals surface area contributed by atoms with E-state index in [-0.39, 0.29) is 0 Å². The summed E-state index contributed by atoms with van der Waals surface area (Å²) in [7, 11) is 0. The molecule has 0 atom stereocenters. The van der Waals surface area contributed by atoms with Crippen LogP contribution < -0.4 is 5.73 Å². The Kier molecular flexibility index (Phi) is 5.30. The Balaban J connectivity index is 1.66. The van der Waals surface area contributed by atoms with Gasteiger partial charge in [0.05, 0.1) is 0 Å². The molecule has 2 aromatic heterocycles. The van der Waals surface area contributed by atoms with E-state index < -0.39 is 0 Å². The fourth-order valence-electron chi connectivity index (χ4n) is 4.30. The summed E-state index contributed by atoms with van der Waals surface area (Å²) < 4.78 is 7.78. The summed E-state index contributed by atoms with van der Waals surface area (Å²) in [4.78, 5) is 4.72. The lowest BCUT2D eigenvalue weighted by Gasteiger charge is -2.30. The first kappa shape index (κ1) is 19.8.